The summed E-state index contributed by atoms with van der Waals surface area (Å²) in [7, 11) is 5.75. The molecule has 0 bridgehead atoms. The van der Waals surface area contributed by atoms with Crippen molar-refractivity contribution in [1.82, 2.24) is 4.90 Å². The predicted octanol–water partition coefficient (Wildman–Crippen LogP) is 2.41. The summed E-state index contributed by atoms with van der Waals surface area (Å²) in [6.07, 6.45) is 2.72. The summed E-state index contributed by atoms with van der Waals surface area (Å²) in [5.41, 5.74) is 0. The summed E-state index contributed by atoms with van der Waals surface area (Å²) in [5, 5.41) is 0. The molecule has 2 radical (unpaired) electrons. The van der Waals surface area contributed by atoms with E-state index in [4.69, 9.17) is 7.85 Å². The van der Waals surface area contributed by atoms with Gasteiger partial charge in [0.25, 0.3) is 0 Å². The Hall–Kier alpha value is -0.275. The second-order valence-corrected chi connectivity index (χ2v) is 6.36. The van der Waals surface area contributed by atoms with Crippen LogP contribution in [0.15, 0.2) is 12.1 Å². The predicted molar refractivity (Wildman–Crippen MR) is 72.5 cm³/mol. The van der Waals surface area contributed by atoms with E-state index in [0.717, 1.165) is 23.2 Å². The highest BCUT2D eigenvalue weighted by molar-refractivity contribution is 7.20. The Morgan fingerprint density at radius 3 is 2.56 bits per heavy atom. The Morgan fingerprint density at radius 1 is 1.38 bits per heavy atom. The van der Waals surface area contributed by atoms with Crippen LogP contribution >= 0.6 is 11.3 Å². The molecule has 0 N–H and O–H groups in total. The van der Waals surface area contributed by atoms with Gasteiger partial charge in [-0.3, -0.25) is 4.90 Å². The topological polar surface area (TPSA) is 3.24 Å². The van der Waals surface area contributed by atoms with Gasteiger partial charge in [0.05, 0.1) is 0 Å². The maximum Gasteiger partial charge on any atom is 0.128 e. The fourth-order valence-corrected chi connectivity index (χ4v) is 3.30. The first-order valence-corrected chi connectivity index (χ1v) is 7.03. The molecule has 1 saturated heterocycles. The average Bonchev–Trinajstić information content (AvgIpc) is 2.65. The van der Waals surface area contributed by atoms with Crippen molar-refractivity contribution < 1.29 is 0 Å². The summed E-state index contributed by atoms with van der Waals surface area (Å²) in [6, 6.07) is 4.18. The molecule has 0 aliphatic carbocycles. The van der Waals surface area contributed by atoms with Crippen molar-refractivity contribution in [3.05, 3.63) is 17.0 Å². The van der Waals surface area contributed by atoms with Crippen molar-refractivity contribution in [2.45, 2.75) is 33.2 Å². The number of rotatable bonds is 3. The monoisotopic (exact) mass is 233 g/mol. The Kier molecular flexibility index (Phi) is 4.09. The van der Waals surface area contributed by atoms with E-state index in [1.165, 1.54) is 30.8 Å². The van der Waals surface area contributed by atoms with Gasteiger partial charge in [-0.2, -0.15) is 11.3 Å². The number of likely N-dealkylation sites (tertiary alicyclic amines) is 1. The molecule has 1 fully saturated rings. The molecule has 1 aliphatic rings. The van der Waals surface area contributed by atoms with Crippen molar-refractivity contribution in [3.63, 3.8) is 0 Å². The molecule has 0 spiro atoms. The SMILES string of the molecule is [B]c1ccc(CN2CCC(C(C)C)CC2)s1. The molecule has 1 aromatic heterocycles. The van der Waals surface area contributed by atoms with Crippen LogP contribution in [0.3, 0.4) is 0 Å². The molecule has 3 heteroatoms. The van der Waals surface area contributed by atoms with Crippen LogP contribution in [0.25, 0.3) is 0 Å². The van der Waals surface area contributed by atoms with Crippen LogP contribution in [0.4, 0.5) is 0 Å². The molecule has 1 aliphatic heterocycles. The lowest BCUT2D eigenvalue weighted by Crippen LogP contribution is -2.34. The van der Waals surface area contributed by atoms with E-state index >= 15 is 0 Å². The van der Waals surface area contributed by atoms with Gasteiger partial charge in [-0.1, -0.05) is 19.9 Å². The van der Waals surface area contributed by atoms with Gasteiger partial charge in [-0.25, -0.2) is 0 Å². The van der Waals surface area contributed by atoms with E-state index in [-0.39, 0.29) is 0 Å². The number of hydrogen-bond acceptors (Lipinski definition) is 2. The molecule has 16 heavy (non-hydrogen) atoms. The van der Waals surface area contributed by atoms with Crippen molar-refractivity contribution in [2.24, 2.45) is 11.8 Å². The fraction of sp³-hybridized carbons (Fsp3) is 0.692. The molecular formula is C13H20BNS. The van der Waals surface area contributed by atoms with Crippen LogP contribution in [0.1, 0.15) is 31.6 Å². The first kappa shape index (κ1) is 12.2. The van der Waals surface area contributed by atoms with Gasteiger partial charge >= 0.3 is 0 Å². The molecule has 1 nitrogen and oxygen atoms in total. The van der Waals surface area contributed by atoms with E-state index in [0.29, 0.717) is 0 Å². The van der Waals surface area contributed by atoms with Crippen molar-refractivity contribution in [1.29, 1.82) is 0 Å². The first-order valence-electron chi connectivity index (χ1n) is 6.21. The third-order valence-corrected chi connectivity index (χ3v) is 4.54. The quantitative estimate of drug-likeness (QED) is 0.725. The van der Waals surface area contributed by atoms with Gasteiger partial charge < -0.3 is 0 Å². The third kappa shape index (κ3) is 3.11. The van der Waals surface area contributed by atoms with Crippen molar-refractivity contribution in [2.75, 3.05) is 13.1 Å². The zero-order chi connectivity index (χ0) is 11.5. The summed E-state index contributed by atoms with van der Waals surface area (Å²) in [4.78, 5) is 3.96. The lowest BCUT2D eigenvalue weighted by molar-refractivity contribution is 0.153. The second-order valence-electron chi connectivity index (χ2n) is 5.16. The number of thiophene rings is 1. The van der Waals surface area contributed by atoms with Gasteiger partial charge in [0, 0.05) is 11.4 Å². The first-order chi connectivity index (χ1) is 7.65. The van der Waals surface area contributed by atoms with Gasteiger partial charge in [0.15, 0.2) is 0 Å². The summed E-state index contributed by atoms with van der Waals surface area (Å²) < 4.78 is 0.937. The standard InChI is InChI=1S/C13H20BNS/c1-10(2)11-5-7-15(8-6-11)9-12-3-4-13(14)16-12/h3-4,10-11H,5-9H2,1-2H3. The largest absolute Gasteiger partial charge is 0.298 e. The molecule has 2 heterocycles. The van der Waals surface area contributed by atoms with Crippen LogP contribution in [-0.4, -0.2) is 25.8 Å². The van der Waals surface area contributed by atoms with Gasteiger partial charge in [-0.15, -0.1) is 0 Å². The Labute approximate surface area is 104 Å². The molecule has 0 aromatic carbocycles. The minimum atomic E-state index is 0.847. The molecular weight excluding hydrogens is 213 g/mol. The van der Waals surface area contributed by atoms with E-state index in [9.17, 15) is 0 Å². The summed E-state index contributed by atoms with van der Waals surface area (Å²) in [6.45, 7) is 8.29. The number of nitrogens with zero attached hydrogens (tertiary/aromatic N) is 1. The van der Waals surface area contributed by atoms with Crippen LogP contribution in [0, 0.1) is 11.8 Å². The van der Waals surface area contributed by atoms with E-state index in [1.54, 1.807) is 11.3 Å². The van der Waals surface area contributed by atoms with Gasteiger partial charge in [0.2, 0.25) is 0 Å². The highest BCUT2D eigenvalue weighted by Gasteiger charge is 2.21. The summed E-state index contributed by atoms with van der Waals surface area (Å²) >= 11 is 1.72. The van der Waals surface area contributed by atoms with Gasteiger partial charge in [0.1, 0.15) is 7.85 Å². The smallest absolute Gasteiger partial charge is 0.128 e. The summed E-state index contributed by atoms with van der Waals surface area (Å²) in [5.74, 6) is 1.78. The minimum Gasteiger partial charge on any atom is -0.298 e. The molecule has 1 aromatic rings. The fourth-order valence-electron chi connectivity index (χ4n) is 2.48. The lowest BCUT2D eigenvalue weighted by Gasteiger charge is -2.33. The highest BCUT2D eigenvalue weighted by atomic mass is 32.1. The van der Waals surface area contributed by atoms with E-state index in [2.05, 4.69) is 24.8 Å². The van der Waals surface area contributed by atoms with Gasteiger partial charge in [-0.05, 0) is 48.6 Å². The normalized spacial score (nSPS) is 19.4. The third-order valence-electron chi connectivity index (χ3n) is 3.64. The lowest BCUT2D eigenvalue weighted by atomic mass is 9.87. The molecule has 86 valence electrons. The van der Waals surface area contributed by atoms with Crippen LogP contribution in [-0.2, 0) is 6.54 Å². The Bertz CT molecular complexity index is 326. The minimum absolute atomic E-state index is 0.847. The molecule has 0 amide bonds. The number of hydrogen-bond donors (Lipinski definition) is 0. The molecule has 0 unspecified atom stereocenters. The Balaban J connectivity index is 1.81. The van der Waals surface area contributed by atoms with E-state index < -0.39 is 0 Å². The second kappa shape index (κ2) is 5.37. The maximum atomic E-state index is 5.75. The Morgan fingerprint density at radius 2 is 2.06 bits per heavy atom. The van der Waals surface area contributed by atoms with E-state index in [1.807, 2.05) is 6.07 Å². The van der Waals surface area contributed by atoms with Crippen LogP contribution < -0.4 is 4.78 Å². The van der Waals surface area contributed by atoms with Crippen molar-refractivity contribution in [3.8, 4) is 0 Å². The van der Waals surface area contributed by atoms with Crippen LogP contribution in [0.2, 0.25) is 0 Å². The van der Waals surface area contributed by atoms with Crippen molar-refractivity contribution >= 4 is 24.0 Å². The highest BCUT2D eigenvalue weighted by Crippen LogP contribution is 2.25. The number of piperidine rings is 1. The average molecular weight is 233 g/mol. The molecule has 0 atom stereocenters. The zero-order valence-electron chi connectivity index (χ0n) is 10.3. The zero-order valence-corrected chi connectivity index (χ0v) is 11.1. The maximum absolute atomic E-state index is 5.75. The van der Waals surface area contributed by atoms with Crippen LogP contribution in [0.5, 0.6) is 0 Å². The molecule has 2 rings (SSSR count). The molecule has 0 saturated carbocycles.